The van der Waals surface area contributed by atoms with Gasteiger partial charge in [0.1, 0.15) is 54.4 Å². The fourth-order valence-corrected chi connectivity index (χ4v) is 3.82. The van der Waals surface area contributed by atoms with Gasteiger partial charge in [-0.05, 0) is 62.3 Å². The lowest BCUT2D eigenvalue weighted by Crippen LogP contribution is -2.58. The minimum atomic E-state index is -1.16. The van der Waals surface area contributed by atoms with Crippen molar-refractivity contribution in [2.75, 3.05) is 7.05 Å². The highest BCUT2D eigenvalue weighted by molar-refractivity contribution is 5.97. The molecule has 0 fully saturated rings. The van der Waals surface area contributed by atoms with Crippen molar-refractivity contribution in [2.24, 2.45) is 0 Å². The number of hydrogen-bond acceptors (Lipinski definition) is 10. The van der Waals surface area contributed by atoms with Crippen LogP contribution < -0.4 is 53.2 Å². The Morgan fingerprint density at radius 3 is 0.560 bits per heavy atom. The quantitative estimate of drug-likeness (QED) is 0.0648. The van der Waals surface area contributed by atoms with Crippen LogP contribution >= 0.6 is 0 Å². The molecule has 20 heteroatoms. The van der Waals surface area contributed by atoms with Crippen molar-refractivity contribution < 1.29 is 47.9 Å². The monoisotopic (exact) mass is 712 g/mol. The van der Waals surface area contributed by atoms with Gasteiger partial charge in [-0.15, -0.1) is 0 Å². The van der Waals surface area contributed by atoms with Gasteiger partial charge in [0.2, 0.25) is 59.1 Å². The number of amides is 10. The second-order valence-electron chi connectivity index (χ2n) is 11.9. The van der Waals surface area contributed by atoms with Gasteiger partial charge in [-0.1, -0.05) is 0 Å². The Balaban J connectivity index is 4.84. The van der Waals surface area contributed by atoms with Gasteiger partial charge >= 0.3 is 0 Å². The molecule has 0 aliphatic heterocycles. The van der Waals surface area contributed by atoms with Gasteiger partial charge in [-0.2, -0.15) is 0 Å². The van der Waals surface area contributed by atoms with E-state index in [9.17, 15) is 47.9 Å². The van der Waals surface area contributed by atoms with Crippen LogP contribution in [0.1, 0.15) is 69.2 Å². The van der Waals surface area contributed by atoms with E-state index in [0.717, 1.165) is 0 Å². The van der Waals surface area contributed by atoms with Crippen molar-refractivity contribution in [1.82, 2.24) is 53.2 Å². The minimum Gasteiger partial charge on any atom is -0.357 e. The summed E-state index contributed by atoms with van der Waals surface area (Å²) in [4.78, 5) is 123. The van der Waals surface area contributed by atoms with E-state index >= 15 is 0 Å². The predicted molar refractivity (Wildman–Crippen MR) is 178 cm³/mol. The molecule has 0 aromatic rings. The second-order valence-corrected chi connectivity index (χ2v) is 11.9. The summed E-state index contributed by atoms with van der Waals surface area (Å²) in [5.74, 6) is -6.47. The molecule has 0 heterocycles. The molecular formula is C30H52N10O10. The van der Waals surface area contributed by atoms with Gasteiger partial charge in [0.05, 0.1) is 0 Å². The number of nitrogens with one attached hydrogen (secondary N) is 10. The van der Waals surface area contributed by atoms with Crippen molar-refractivity contribution in [3.05, 3.63) is 0 Å². The number of carbonyl (C=O) groups excluding carboxylic acids is 10. The van der Waals surface area contributed by atoms with E-state index < -0.39 is 113 Å². The van der Waals surface area contributed by atoms with Gasteiger partial charge in [-0.25, -0.2) is 0 Å². The van der Waals surface area contributed by atoms with Gasteiger partial charge in [0.25, 0.3) is 0 Å². The van der Waals surface area contributed by atoms with Crippen LogP contribution in [0.15, 0.2) is 0 Å². The summed E-state index contributed by atoms with van der Waals surface area (Å²) < 4.78 is 0. The SMILES string of the molecule is CNC(=O)[C@H](C)NC(=O)[C@H](C)NC(=O)[C@H](C)NC(=O)[C@H](C)NC(=O)[C@H](C)NC(=O)[C@H](C)NC(=O)[C@H](C)NC(=O)[C@H](C)NC(=O)[C@H](C)NC(C)=O. The van der Waals surface area contributed by atoms with Gasteiger partial charge in [-0.3, -0.25) is 47.9 Å². The van der Waals surface area contributed by atoms with Crippen molar-refractivity contribution >= 4 is 59.1 Å². The van der Waals surface area contributed by atoms with E-state index in [-0.39, 0.29) is 0 Å². The maximum Gasteiger partial charge on any atom is 0.242 e. The molecule has 0 unspecified atom stereocenters. The Kier molecular flexibility index (Phi) is 18.7. The first-order chi connectivity index (χ1) is 23.0. The summed E-state index contributed by atoms with van der Waals surface area (Å²) >= 11 is 0. The molecule has 20 nitrogen and oxygen atoms in total. The van der Waals surface area contributed by atoms with Crippen LogP contribution in [0.4, 0.5) is 0 Å². The number of likely N-dealkylation sites (N-methyl/N-ethyl adjacent to an activating group) is 1. The molecule has 50 heavy (non-hydrogen) atoms. The van der Waals surface area contributed by atoms with Crippen molar-refractivity contribution in [3.8, 4) is 0 Å². The van der Waals surface area contributed by atoms with E-state index in [1.165, 1.54) is 76.3 Å². The van der Waals surface area contributed by atoms with Gasteiger partial charge in [0, 0.05) is 14.0 Å². The molecule has 0 spiro atoms. The van der Waals surface area contributed by atoms with Crippen LogP contribution in [0.2, 0.25) is 0 Å². The fraction of sp³-hybridized carbons (Fsp3) is 0.667. The summed E-state index contributed by atoms with van der Waals surface area (Å²) in [5.41, 5.74) is 0. The smallest absolute Gasteiger partial charge is 0.242 e. The molecule has 0 aliphatic carbocycles. The van der Waals surface area contributed by atoms with Gasteiger partial charge in [0.15, 0.2) is 0 Å². The van der Waals surface area contributed by atoms with E-state index in [1.54, 1.807) is 0 Å². The Morgan fingerprint density at radius 2 is 0.420 bits per heavy atom. The third kappa shape index (κ3) is 15.7. The highest BCUT2D eigenvalue weighted by Crippen LogP contribution is 1.96. The van der Waals surface area contributed by atoms with Crippen molar-refractivity contribution in [1.29, 1.82) is 0 Å². The zero-order valence-corrected chi connectivity index (χ0v) is 30.3. The van der Waals surface area contributed by atoms with Crippen LogP contribution in [0.25, 0.3) is 0 Å². The Bertz CT molecular complexity index is 1310. The molecule has 0 saturated carbocycles. The molecule has 10 N–H and O–H groups in total. The van der Waals surface area contributed by atoms with Crippen molar-refractivity contribution in [3.63, 3.8) is 0 Å². The minimum absolute atomic E-state index is 0.427. The first-order valence-corrected chi connectivity index (χ1v) is 15.9. The Hall–Kier alpha value is -5.30. The third-order valence-electron chi connectivity index (χ3n) is 7.08. The molecule has 10 amide bonds. The fourth-order valence-electron chi connectivity index (χ4n) is 3.82. The van der Waals surface area contributed by atoms with Crippen LogP contribution in [0.5, 0.6) is 0 Å². The molecule has 0 aromatic carbocycles. The summed E-state index contributed by atoms with van der Waals surface area (Å²) in [7, 11) is 1.41. The lowest BCUT2D eigenvalue weighted by Gasteiger charge is -2.23. The predicted octanol–water partition coefficient (Wildman–Crippen LogP) is -4.71. The number of rotatable bonds is 18. The molecule has 282 valence electrons. The lowest BCUT2D eigenvalue weighted by molar-refractivity contribution is -0.135. The molecule has 0 aliphatic rings. The Morgan fingerprint density at radius 1 is 0.280 bits per heavy atom. The standard InChI is InChI=1S/C30H52N10O10/c1-12(22(42)31-11)33-24(44)14(3)35-26(46)16(5)37-28(48)18(7)39-30(50)20(9)40-29(49)19(8)38-27(47)17(6)36-25(45)15(4)34-23(43)13(2)32-21(10)41/h12-20H,1-11H3,(H,31,42)(H,32,41)(H,33,44)(H,34,43)(H,35,46)(H,36,45)(H,37,48)(H,38,47)(H,39,50)(H,40,49)/t12-,13-,14-,15-,16-,17-,18-,19-,20-/m0/s1. The van der Waals surface area contributed by atoms with E-state index in [0.29, 0.717) is 0 Å². The first-order valence-electron chi connectivity index (χ1n) is 15.9. The molecule has 0 bridgehead atoms. The van der Waals surface area contributed by atoms with E-state index in [2.05, 4.69) is 53.2 Å². The van der Waals surface area contributed by atoms with E-state index in [4.69, 9.17) is 0 Å². The summed E-state index contributed by atoms with van der Waals surface area (Å²) in [6, 6.07) is -9.48. The molecular weight excluding hydrogens is 660 g/mol. The average molecular weight is 713 g/mol. The highest BCUT2D eigenvalue weighted by Gasteiger charge is 2.28. The van der Waals surface area contributed by atoms with Crippen LogP contribution in [0, 0.1) is 0 Å². The third-order valence-corrected chi connectivity index (χ3v) is 7.08. The molecule has 0 saturated heterocycles. The van der Waals surface area contributed by atoms with Gasteiger partial charge < -0.3 is 53.2 Å². The van der Waals surface area contributed by atoms with E-state index in [1.807, 2.05) is 0 Å². The maximum atomic E-state index is 12.7. The lowest BCUT2D eigenvalue weighted by atomic mass is 10.2. The number of hydrogen-bond donors (Lipinski definition) is 10. The zero-order valence-electron chi connectivity index (χ0n) is 30.3. The second kappa shape index (κ2) is 20.9. The zero-order chi connectivity index (χ0) is 39.0. The molecule has 9 atom stereocenters. The molecule has 0 aromatic heterocycles. The van der Waals surface area contributed by atoms with Crippen LogP contribution in [-0.4, -0.2) is 120 Å². The highest BCUT2D eigenvalue weighted by atomic mass is 16.2. The molecule has 0 radical (unpaired) electrons. The molecule has 0 rings (SSSR count). The summed E-state index contributed by atoms with van der Waals surface area (Å²) in [6.07, 6.45) is 0. The largest absolute Gasteiger partial charge is 0.357 e. The topological polar surface area (TPSA) is 291 Å². The first kappa shape index (κ1) is 44.7. The Labute approximate surface area is 290 Å². The summed E-state index contributed by atoms with van der Waals surface area (Å²) in [6.45, 7) is 13.7. The van der Waals surface area contributed by atoms with Crippen molar-refractivity contribution in [2.45, 2.75) is 124 Å². The van der Waals surface area contributed by atoms with Crippen LogP contribution in [0.3, 0.4) is 0 Å². The average Bonchev–Trinajstić information content (AvgIpc) is 3.02. The number of carbonyl (C=O) groups is 10. The normalized spacial score (nSPS) is 16.0. The maximum absolute atomic E-state index is 12.7. The van der Waals surface area contributed by atoms with Crippen LogP contribution in [-0.2, 0) is 47.9 Å². The summed E-state index contributed by atoms with van der Waals surface area (Å²) in [5, 5.41) is 24.0.